The van der Waals surface area contributed by atoms with Crippen LogP contribution in [0, 0.1) is 0 Å². The first-order chi connectivity index (χ1) is 16.2. The molecule has 8 heteroatoms. The van der Waals surface area contributed by atoms with Crippen molar-refractivity contribution in [3.05, 3.63) is 78.8 Å². The molecule has 0 fully saturated rings. The van der Waals surface area contributed by atoms with Crippen molar-refractivity contribution in [2.45, 2.75) is 19.4 Å². The summed E-state index contributed by atoms with van der Waals surface area (Å²) in [6, 6.07) is 19.1. The third kappa shape index (κ3) is 4.41. The minimum atomic E-state index is -0.172. The van der Waals surface area contributed by atoms with E-state index in [9.17, 15) is 9.59 Å². The molecular formula is C25H23N5O3. The fourth-order valence-corrected chi connectivity index (χ4v) is 3.88. The van der Waals surface area contributed by atoms with Gasteiger partial charge in [-0.3, -0.25) is 14.2 Å². The van der Waals surface area contributed by atoms with E-state index in [0.29, 0.717) is 25.4 Å². The molecule has 0 radical (unpaired) electrons. The van der Waals surface area contributed by atoms with Gasteiger partial charge in [-0.2, -0.15) is 0 Å². The Morgan fingerprint density at radius 1 is 0.970 bits per heavy atom. The van der Waals surface area contributed by atoms with Crippen molar-refractivity contribution in [3.8, 4) is 11.6 Å². The number of hydrogen-bond acceptors (Lipinski definition) is 5. The zero-order valence-corrected chi connectivity index (χ0v) is 18.0. The maximum Gasteiger partial charge on any atom is 0.227 e. The zero-order valence-electron chi connectivity index (χ0n) is 18.0. The Bertz CT molecular complexity index is 1300. The molecule has 0 atom stereocenters. The van der Waals surface area contributed by atoms with Gasteiger partial charge in [0, 0.05) is 25.6 Å². The van der Waals surface area contributed by atoms with Crippen LogP contribution in [-0.4, -0.2) is 39.5 Å². The van der Waals surface area contributed by atoms with E-state index in [2.05, 4.69) is 15.3 Å². The van der Waals surface area contributed by atoms with Crippen LogP contribution in [0.4, 0.5) is 5.69 Å². The highest BCUT2D eigenvalue weighted by Crippen LogP contribution is 2.31. The highest BCUT2D eigenvalue weighted by atomic mass is 16.5. The monoisotopic (exact) mass is 441 g/mol. The number of pyridine rings is 1. The summed E-state index contributed by atoms with van der Waals surface area (Å²) in [7, 11) is 0. The van der Waals surface area contributed by atoms with Crippen molar-refractivity contribution >= 4 is 28.5 Å². The lowest BCUT2D eigenvalue weighted by molar-refractivity contribution is -0.125. The average molecular weight is 441 g/mol. The molecule has 0 bridgehead atoms. The summed E-state index contributed by atoms with van der Waals surface area (Å²) in [5.41, 5.74) is 3.53. The maximum absolute atomic E-state index is 12.7. The van der Waals surface area contributed by atoms with Gasteiger partial charge in [-0.1, -0.05) is 30.3 Å². The molecule has 0 aliphatic carbocycles. The number of imidazole rings is 1. The van der Waals surface area contributed by atoms with Crippen LogP contribution < -0.4 is 15.0 Å². The summed E-state index contributed by atoms with van der Waals surface area (Å²) in [6.07, 6.45) is 3.76. The van der Waals surface area contributed by atoms with E-state index in [4.69, 9.17) is 4.74 Å². The minimum Gasteiger partial charge on any atom is -0.490 e. The number of nitrogens with zero attached hydrogens (tertiary/aromatic N) is 4. The van der Waals surface area contributed by atoms with E-state index >= 15 is 0 Å². The van der Waals surface area contributed by atoms with Crippen molar-refractivity contribution in [1.29, 1.82) is 0 Å². The van der Waals surface area contributed by atoms with Gasteiger partial charge in [0.15, 0.2) is 0 Å². The minimum absolute atomic E-state index is 0.0838. The number of amides is 2. The van der Waals surface area contributed by atoms with Crippen LogP contribution in [0.3, 0.4) is 0 Å². The van der Waals surface area contributed by atoms with Gasteiger partial charge in [0.1, 0.15) is 24.5 Å². The highest BCUT2D eigenvalue weighted by Gasteiger charge is 2.23. The second-order valence-electron chi connectivity index (χ2n) is 7.77. The maximum atomic E-state index is 12.7. The van der Waals surface area contributed by atoms with Crippen molar-refractivity contribution in [1.82, 2.24) is 19.9 Å². The fourth-order valence-electron chi connectivity index (χ4n) is 3.88. The number of hydrogen-bond donors (Lipinski definition) is 1. The molecule has 1 aliphatic heterocycles. The number of benzene rings is 2. The molecule has 4 aromatic rings. The Hall–Kier alpha value is -4.20. The standard InChI is InChI=1S/C25H23N5O3/c31-24(11-12-25(32)29-13-14-33-22-8-4-3-7-21(22)29)27-16-18-9-10-23(26-15-18)30-17-28-19-5-1-2-6-20(19)30/h1-10,15,17H,11-14,16H2,(H,27,31). The van der Waals surface area contributed by atoms with Crippen LogP contribution in [0.1, 0.15) is 18.4 Å². The van der Waals surface area contributed by atoms with Crippen molar-refractivity contribution in [3.63, 3.8) is 0 Å². The van der Waals surface area contributed by atoms with Gasteiger partial charge in [0.05, 0.1) is 23.3 Å². The number of ether oxygens (including phenoxy) is 1. The molecule has 0 unspecified atom stereocenters. The molecule has 8 nitrogen and oxygen atoms in total. The van der Waals surface area contributed by atoms with Gasteiger partial charge in [0.2, 0.25) is 11.8 Å². The Morgan fingerprint density at radius 3 is 2.70 bits per heavy atom. The van der Waals surface area contributed by atoms with Gasteiger partial charge in [-0.25, -0.2) is 9.97 Å². The lowest BCUT2D eigenvalue weighted by Crippen LogP contribution is -2.38. The molecule has 1 N–H and O–H groups in total. The number of carbonyl (C=O) groups is 2. The summed E-state index contributed by atoms with van der Waals surface area (Å²) in [6.45, 7) is 1.29. The van der Waals surface area contributed by atoms with Crippen LogP contribution in [0.2, 0.25) is 0 Å². The molecule has 2 aromatic heterocycles. The van der Waals surface area contributed by atoms with E-state index < -0.39 is 0 Å². The second kappa shape index (κ2) is 9.12. The van der Waals surface area contributed by atoms with Crippen LogP contribution in [0.25, 0.3) is 16.9 Å². The molecule has 0 spiro atoms. The number of aromatic nitrogens is 3. The smallest absolute Gasteiger partial charge is 0.227 e. The normalized spacial score (nSPS) is 12.8. The number of para-hydroxylation sites is 4. The third-order valence-corrected chi connectivity index (χ3v) is 5.59. The highest BCUT2D eigenvalue weighted by molar-refractivity contribution is 5.97. The second-order valence-corrected chi connectivity index (χ2v) is 7.77. The number of anilines is 1. The molecule has 2 amide bonds. The number of nitrogens with one attached hydrogen (secondary N) is 1. The summed E-state index contributed by atoms with van der Waals surface area (Å²) >= 11 is 0. The van der Waals surface area contributed by atoms with Crippen molar-refractivity contribution < 1.29 is 14.3 Å². The zero-order chi connectivity index (χ0) is 22.6. The number of fused-ring (bicyclic) bond motifs is 2. The lowest BCUT2D eigenvalue weighted by atomic mass is 10.2. The Balaban J connectivity index is 1.14. The summed E-state index contributed by atoms with van der Waals surface area (Å²) in [4.78, 5) is 35.5. The summed E-state index contributed by atoms with van der Waals surface area (Å²) in [5.74, 6) is 1.20. The SMILES string of the molecule is O=C(CCC(=O)N1CCOc2ccccc21)NCc1ccc(-n2cnc3ccccc32)nc1. The van der Waals surface area contributed by atoms with Gasteiger partial charge < -0.3 is 15.0 Å². The Labute approximate surface area is 190 Å². The lowest BCUT2D eigenvalue weighted by Gasteiger charge is -2.29. The quantitative estimate of drug-likeness (QED) is 0.496. The molecule has 2 aromatic carbocycles. The van der Waals surface area contributed by atoms with Crippen molar-refractivity contribution in [2.24, 2.45) is 0 Å². The third-order valence-electron chi connectivity index (χ3n) is 5.59. The van der Waals surface area contributed by atoms with Gasteiger partial charge in [-0.15, -0.1) is 0 Å². The van der Waals surface area contributed by atoms with Crippen LogP contribution >= 0.6 is 0 Å². The van der Waals surface area contributed by atoms with E-state index in [1.54, 1.807) is 17.4 Å². The van der Waals surface area contributed by atoms with Crippen LogP contribution in [0.15, 0.2) is 73.2 Å². The molecule has 166 valence electrons. The first kappa shape index (κ1) is 20.7. The molecule has 0 saturated carbocycles. The predicted octanol–water partition coefficient (Wildman–Crippen LogP) is 3.24. The first-order valence-corrected chi connectivity index (χ1v) is 10.9. The topological polar surface area (TPSA) is 89.4 Å². The van der Waals surface area contributed by atoms with Gasteiger partial charge in [0.25, 0.3) is 0 Å². The largest absolute Gasteiger partial charge is 0.490 e. The van der Waals surface area contributed by atoms with Gasteiger partial charge >= 0.3 is 0 Å². The molecule has 1 aliphatic rings. The summed E-state index contributed by atoms with van der Waals surface area (Å²) in [5, 5.41) is 2.87. The van der Waals surface area contributed by atoms with Crippen molar-refractivity contribution in [2.75, 3.05) is 18.1 Å². The predicted molar refractivity (Wildman–Crippen MR) is 124 cm³/mol. The van der Waals surface area contributed by atoms with E-state index in [1.165, 1.54) is 0 Å². The summed E-state index contributed by atoms with van der Waals surface area (Å²) < 4.78 is 7.51. The first-order valence-electron chi connectivity index (χ1n) is 10.9. The van der Waals surface area contributed by atoms with Crippen LogP contribution in [0.5, 0.6) is 5.75 Å². The number of rotatable bonds is 6. The molecule has 0 saturated heterocycles. The average Bonchev–Trinajstić information content (AvgIpc) is 3.30. The Kier molecular flexibility index (Phi) is 5.72. The fraction of sp³-hybridized carbons (Fsp3) is 0.200. The molecule has 33 heavy (non-hydrogen) atoms. The molecular weight excluding hydrogens is 418 g/mol. The van der Waals surface area contributed by atoms with E-state index in [0.717, 1.165) is 28.1 Å². The molecule has 3 heterocycles. The van der Waals surface area contributed by atoms with Gasteiger partial charge in [-0.05, 0) is 35.9 Å². The van der Waals surface area contributed by atoms with Crippen LogP contribution in [-0.2, 0) is 16.1 Å². The van der Waals surface area contributed by atoms with E-state index in [1.807, 2.05) is 65.2 Å². The van der Waals surface area contributed by atoms with E-state index in [-0.39, 0.29) is 24.7 Å². The number of carbonyl (C=O) groups excluding carboxylic acids is 2. The molecule has 5 rings (SSSR count). The Morgan fingerprint density at radius 2 is 1.82 bits per heavy atom.